The molecule has 0 spiro atoms. The molecule has 2 atom stereocenters. The number of carbonyl (C=O) groups is 1. The summed E-state index contributed by atoms with van der Waals surface area (Å²) in [6.07, 6.45) is 0. The zero-order chi connectivity index (χ0) is 20.4. The van der Waals surface area contributed by atoms with Crippen molar-refractivity contribution in [2.45, 2.75) is 13.0 Å². The van der Waals surface area contributed by atoms with E-state index in [4.69, 9.17) is 23.7 Å². The average molecular weight is 387 g/mol. The fourth-order valence-corrected chi connectivity index (χ4v) is 3.60. The largest absolute Gasteiger partial charge is 0.493 e. The number of benzene rings is 2. The van der Waals surface area contributed by atoms with Crippen LogP contribution in [-0.2, 0) is 4.79 Å². The van der Waals surface area contributed by atoms with Crippen LogP contribution in [0.3, 0.4) is 0 Å². The zero-order valence-electron chi connectivity index (χ0n) is 16.9. The Balaban J connectivity index is 2.05. The average Bonchev–Trinajstić information content (AvgIpc) is 2.74. The number of hydrogen-bond donors (Lipinski definition) is 0. The topological polar surface area (TPSA) is 66.5 Å². The van der Waals surface area contributed by atoms with Crippen LogP contribution < -0.4 is 28.6 Å². The molecule has 1 aliphatic heterocycles. The van der Waals surface area contributed by atoms with Gasteiger partial charge in [-0.3, -0.25) is 4.79 Å². The Hall–Kier alpha value is -3.09. The summed E-state index contributed by atoms with van der Waals surface area (Å²) in [5.74, 6) is 2.59. The summed E-state index contributed by atoms with van der Waals surface area (Å²) >= 11 is 0. The third kappa shape index (κ3) is 3.06. The van der Waals surface area contributed by atoms with Crippen LogP contribution >= 0.6 is 0 Å². The highest BCUT2D eigenvalue weighted by Crippen LogP contribution is 2.49. The SMILES string of the molecule is COc1ccc(C2C(C)C(=O)N2c2cc(OC)c(OC)c(OC)c2)cc1OC. The van der Waals surface area contributed by atoms with E-state index < -0.39 is 0 Å². The Kier molecular flexibility index (Phi) is 5.53. The highest BCUT2D eigenvalue weighted by atomic mass is 16.5. The van der Waals surface area contributed by atoms with Crippen LogP contribution in [0, 0.1) is 5.92 Å². The van der Waals surface area contributed by atoms with E-state index in [0.29, 0.717) is 34.4 Å². The Morgan fingerprint density at radius 1 is 0.750 bits per heavy atom. The molecule has 1 fully saturated rings. The maximum absolute atomic E-state index is 12.7. The fourth-order valence-electron chi connectivity index (χ4n) is 3.60. The van der Waals surface area contributed by atoms with E-state index in [2.05, 4.69) is 0 Å². The minimum Gasteiger partial charge on any atom is -0.493 e. The second-order valence-corrected chi connectivity index (χ2v) is 6.44. The van der Waals surface area contributed by atoms with Gasteiger partial charge in [0, 0.05) is 12.1 Å². The van der Waals surface area contributed by atoms with Crippen LogP contribution in [0.4, 0.5) is 5.69 Å². The number of ether oxygens (including phenoxy) is 5. The molecule has 1 heterocycles. The first-order chi connectivity index (χ1) is 13.5. The zero-order valence-corrected chi connectivity index (χ0v) is 16.9. The standard InChI is InChI=1S/C21H25NO6/c1-12-19(13-7-8-15(24-2)16(9-13)25-3)22(21(12)23)14-10-17(26-4)20(28-6)18(11-14)27-5/h7-12,19H,1-6H3. The molecule has 0 bridgehead atoms. The summed E-state index contributed by atoms with van der Waals surface area (Å²) in [5.41, 5.74) is 1.64. The number of rotatable bonds is 7. The van der Waals surface area contributed by atoms with Crippen molar-refractivity contribution in [3.8, 4) is 28.7 Å². The smallest absolute Gasteiger partial charge is 0.232 e. The van der Waals surface area contributed by atoms with E-state index in [9.17, 15) is 4.79 Å². The van der Waals surface area contributed by atoms with Gasteiger partial charge in [-0.05, 0) is 17.7 Å². The van der Waals surface area contributed by atoms with Gasteiger partial charge in [-0.2, -0.15) is 0 Å². The van der Waals surface area contributed by atoms with E-state index in [0.717, 1.165) is 5.56 Å². The van der Waals surface area contributed by atoms with E-state index in [1.54, 1.807) is 52.6 Å². The van der Waals surface area contributed by atoms with E-state index in [1.807, 2.05) is 25.1 Å². The van der Waals surface area contributed by atoms with Crippen LogP contribution in [0.15, 0.2) is 30.3 Å². The lowest BCUT2D eigenvalue weighted by Crippen LogP contribution is -2.54. The molecule has 2 aromatic rings. The van der Waals surface area contributed by atoms with Crippen LogP contribution in [0.5, 0.6) is 28.7 Å². The molecule has 0 radical (unpaired) electrons. The summed E-state index contributed by atoms with van der Waals surface area (Å²) in [6, 6.07) is 9.10. The summed E-state index contributed by atoms with van der Waals surface area (Å²) in [4.78, 5) is 14.5. The summed E-state index contributed by atoms with van der Waals surface area (Å²) in [5, 5.41) is 0. The molecule has 7 nitrogen and oxygen atoms in total. The van der Waals surface area contributed by atoms with Gasteiger partial charge in [0.1, 0.15) is 0 Å². The van der Waals surface area contributed by atoms with Crippen molar-refractivity contribution >= 4 is 11.6 Å². The van der Waals surface area contributed by atoms with Gasteiger partial charge in [0.2, 0.25) is 11.7 Å². The Morgan fingerprint density at radius 2 is 1.32 bits per heavy atom. The van der Waals surface area contributed by atoms with E-state index in [1.165, 1.54) is 0 Å². The molecule has 1 amide bonds. The molecular weight excluding hydrogens is 362 g/mol. The van der Waals surface area contributed by atoms with E-state index >= 15 is 0 Å². The number of hydrogen-bond acceptors (Lipinski definition) is 6. The lowest BCUT2D eigenvalue weighted by atomic mass is 9.83. The Bertz CT molecular complexity index is 856. The van der Waals surface area contributed by atoms with Gasteiger partial charge in [-0.1, -0.05) is 13.0 Å². The minimum absolute atomic E-state index is 0.0223. The maximum Gasteiger partial charge on any atom is 0.232 e. The van der Waals surface area contributed by atoms with Crippen molar-refractivity contribution < 1.29 is 28.5 Å². The van der Waals surface area contributed by atoms with Gasteiger partial charge in [0.15, 0.2) is 23.0 Å². The molecule has 150 valence electrons. The van der Waals surface area contributed by atoms with Crippen molar-refractivity contribution in [2.75, 3.05) is 40.4 Å². The van der Waals surface area contributed by atoms with Crippen molar-refractivity contribution in [3.05, 3.63) is 35.9 Å². The predicted molar refractivity (Wildman–Crippen MR) is 105 cm³/mol. The molecule has 28 heavy (non-hydrogen) atoms. The summed E-state index contributed by atoms with van der Waals surface area (Å²) in [6.45, 7) is 1.91. The van der Waals surface area contributed by atoms with Gasteiger partial charge in [0.05, 0.1) is 53.2 Å². The highest BCUT2D eigenvalue weighted by molar-refractivity contribution is 6.03. The van der Waals surface area contributed by atoms with Crippen molar-refractivity contribution in [1.29, 1.82) is 0 Å². The van der Waals surface area contributed by atoms with Gasteiger partial charge in [-0.25, -0.2) is 0 Å². The second kappa shape index (κ2) is 7.88. The van der Waals surface area contributed by atoms with Crippen molar-refractivity contribution in [1.82, 2.24) is 0 Å². The first-order valence-electron chi connectivity index (χ1n) is 8.85. The monoisotopic (exact) mass is 387 g/mol. The maximum atomic E-state index is 12.7. The molecule has 3 rings (SSSR count). The van der Waals surface area contributed by atoms with Crippen LogP contribution in [-0.4, -0.2) is 41.5 Å². The first kappa shape index (κ1) is 19.7. The van der Waals surface area contributed by atoms with Crippen molar-refractivity contribution in [3.63, 3.8) is 0 Å². The van der Waals surface area contributed by atoms with Gasteiger partial charge >= 0.3 is 0 Å². The Morgan fingerprint density at radius 3 is 1.82 bits per heavy atom. The quantitative estimate of drug-likeness (QED) is 0.678. The third-order valence-electron chi connectivity index (χ3n) is 5.06. The van der Waals surface area contributed by atoms with Gasteiger partial charge in [0.25, 0.3) is 0 Å². The molecule has 2 unspecified atom stereocenters. The van der Waals surface area contributed by atoms with Crippen LogP contribution in [0.1, 0.15) is 18.5 Å². The first-order valence-corrected chi connectivity index (χ1v) is 8.85. The van der Waals surface area contributed by atoms with E-state index in [-0.39, 0.29) is 17.9 Å². The Labute approximate surface area is 164 Å². The number of β-lactam (4-membered cyclic amide) rings is 1. The molecule has 0 saturated carbocycles. The number of nitrogens with zero attached hydrogens (tertiary/aromatic N) is 1. The van der Waals surface area contributed by atoms with Crippen LogP contribution in [0.25, 0.3) is 0 Å². The second-order valence-electron chi connectivity index (χ2n) is 6.44. The minimum atomic E-state index is -0.169. The lowest BCUT2D eigenvalue weighted by molar-refractivity contribution is -0.129. The molecular formula is C21H25NO6. The van der Waals surface area contributed by atoms with Crippen molar-refractivity contribution in [2.24, 2.45) is 5.92 Å². The molecule has 0 aromatic heterocycles. The molecule has 2 aromatic carbocycles. The highest BCUT2D eigenvalue weighted by Gasteiger charge is 2.46. The molecule has 7 heteroatoms. The number of methoxy groups -OCH3 is 5. The van der Waals surface area contributed by atoms with Gasteiger partial charge < -0.3 is 28.6 Å². The molecule has 1 aliphatic rings. The fraction of sp³-hybridized carbons (Fsp3) is 0.381. The van der Waals surface area contributed by atoms with Crippen LogP contribution in [0.2, 0.25) is 0 Å². The summed E-state index contributed by atoms with van der Waals surface area (Å²) < 4.78 is 27.0. The molecule has 0 aliphatic carbocycles. The normalized spacial score (nSPS) is 18.4. The number of amides is 1. The lowest BCUT2D eigenvalue weighted by Gasteiger charge is -2.46. The predicted octanol–water partition coefficient (Wildman–Crippen LogP) is 3.45. The number of carbonyl (C=O) groups excluding carboxylic acids is 1. The molecule has 1 saturated heterocycles. The number of anilines is 1. The van der Waals surface area contributed by atoms with Gasteiger partial charge in [-0.15, -0.1) is 0 Å². The summed E-state index contributed by atoms with van der Waals surface area (Å²) in [7, 11) is 7.83. The molecule has 0 N–H and O–H groups in total. The third-order valence-corrected chi connectivity index (χ3v) is 5.06.